The maximum atomic E-state index is 12.4. The van der Waals surface area contributed by atoms with Crippen LogP contribution in [0.2, 0.25) is 0 Å². The van der Waals surface area contributed by atoms with Crippen molar-refractivity contribution in [1.82, 2.24) is 14.9 Å². The summed E-state index contributed by atoms with van der Waals surface area (Å²) in [5, 5.41) is 0. The molecule has 0 aliphatic rings. The Hall–Kier alpha value is -1.24. The predicted octanol–water partition coefficient (Wildman–Crippen LogP) is 11.9. The highest BCUT2D eigenvalue weighted by Crippen LogP contribution is 2.15. The third-order valence-electron chi connectivity index (χ3n) is 10.3. The van der Waals surface area contributed by atoms with Crippen molar-refractivity contribution in [2.75, 3.05) is 32.8 Å². The molecule has 0 fully saturated rings. The highest BCUT2D eigenvalue weighted by atomic mass is 16.5. The molecule has 0 saturated carbocycles. The lowest BCUT2D eigenvalue weighted by Gasteiger charge is -2.22. The summed E-state index contributed by atoms with van der Waals surface area (Å²) < 4.78 is 6.00. The van der Waals surface area contributed by atoms with Gasteiger partial charge < -0.3 is 20.4 Å². The number of aromatic nitrogens is 2. The SMILES string of the molecule is CCCCCCCCCCCCCCCCN(CCCCCCCCCCCCCCCC)CCOCCCC(=O)C(N)Cc1cnc[nH]1. The topological polar surface area (TPSA) is 84.2 Å². The number of ketones is 1. The summed E-state index contributed by atoms with van der Waals surface area (Å²) in [5.74, 6) is 0.107. The van der Waals surface area contributed by atoms with Crippen LogP contribution in [0.25, 0.3) is 0 Å². The summed E-state index contributed by atoms with van der Waals surface area (Å²) in [7, 11) is 0. The summed E-state index contributed by atoms with van der Waals surface area (Å²) in [6, 6.07) is -0.467. The molecule has 0 aliphatic carbocycles. The first-order chi connectivity index (χ1) is 24.2. The summed E-state index contributed by atoms with van der Waals surface area (Å²) in [6.45, 7) is 9.38. The van der Waals surface area contributed by atoms with Gasteiger partial charge in [-0.3, -0.25) is 4.79 Å². The van der Waals surface area contributed by atoms with Gasteiger partial charge in [0.2, 0.25) is 0 Å². The fourth-order valence-corrected chi connectivity index (χ4v) is 6.97. The van der Waals surface area contributed by atoms with Crippen molar-refractivity contribution in [3.8, 4) is 0 Å². The molecular formula is C43H84N4O2. The number of nitrogens with one attached hydrogen (secondary N) is 1. The Bertz CT molecular complexity index is 755. The number of Topliss-reactive ketones (excluding diaryl/α,β-unsaturated/α-hetero) is 1. The van der Waals surface area contributed by atoms with E-state index in [9.17, 15) is 4.79 Å². The van der Waals surface area contributed by atoms with Crippen molar-refractivity contribution in [1.29, 1.82) is 0 Å². The molecule has 6 nitrogen and oxygen atoms in total. The lowest BCUT2D eigenvalue weighted by molar-refractivity contribution is -0.120. The number of hydrogen-bond donors (Lipinski definition) is 2. The molecule has 0 bridgehead atoms. The molecule has 1 unspecified atom stereocenters. The van der Waals surface area contributed by atoms with Crippen LogP contribution in [-0.2, 0) is 16.0 Å². The number of carbonyl (C=O) groups is 1. The second-order valence-corrected chi connectivity index (χ2v) is 15.1. The first-order valence-electron chi connectivity index (χ1n) is 21.7. The van der Waals surface area contributed by atoms with Crippen LogP contribution in [0, 0.1) is 0 Å². The number of carbonyl (C=O) groups excluding carboxylic acids is 1. The van der Waals surface area contributed by atoms with Crippen LogP contribution in [0.4, 0.5) is 0 Å². The Morgan fingerprint density at radius 3 is 1.41 bits per heavy atom. The van der Waals surface area contributed by atoms with Crippen LogP contribution in [-0.4, -0.2) is 59.5 Å². The summed E-state index contributed by atoms with van der Waals surface area (Å²) in [4.78, 5) is 22.1. The molecule has 6 heteroatoms. The third kappa shape index (κ3) is 31.2. The molecule has 0 radical (unpaired) electrons. The summed E-state index contributed by atoms with van der Waals surface area (Å²) in [5.41, 5.74) is 7.01. The smallest absolute Gasteiger partial charge is 0.150 e. The third-order valence-corrected chi connectivity index (χ3v) is 10.3. The molecule has 0 saturated heterocycles. The maximum absolute atomic E-state index is 12.4. The fraction of sp³-hybridized carbons (Fsp3) is 0.907. The van der Waals surface area contributed by atoms with Crippen molar-refractivity contribution in [2.24, 2.45) is 5.73 Å². The van der Waals surface area contributed by atoms with E-state index in [4.69, 9.17) is 10.5 Å². The molecular weight excluding hydrogens is 604 g/mol. The van der Waals surface area contributed by atoms with E-state index in [0.717, 1.165) is 25.3 Å². The molecule has 49 heavy (non-hydrogen) atoms. The van der Waals surface area contributed by atoms with Crippen LogP contribution >= 0.6 is 0 Å². The quantitative estimate of drug-likeness (QED) is 0.0670. The second kappa shape index (κ2) is 36.5. The van der Waals surface area contributed by atoms with Gasteiger partial charge >= 0.3 is 0 Å². The minimum atomic E-state index is -0.467. The predicted molar refractivity (Wildman–Crippen MR) is 212 cm³/mol. The van der Waals surface area contributed by atoms with Gasteiger partial charge in [-0.1, -0.05) is 181 Å². The van der Waals surface area contributed by atoms with E-state index in [1.807, 2.05) is 0 Å². The Morgan fingerprint density at radius 2 is 1.02 bits per heavy atom. The molecule has 1 aromatic heterocycles. The van der Waals surface area contributed by atoms with Crippen molar-refractivity contribution in [3.05, 3.63) is 18.2 Å². The number of imidazole rings is 1. The van der Waals surface area contributed by atoms with Crippen LogP contribution in [0.15, 0.2) is 12.5 Å². The highest BCUT2D eigenvalue weighted by molar-refractivity contribution is 5.83. The zero-order valence-corrected chi connectivity index (χ0v) is 33.0. The van der Waals surface area contributed by atoms with Gasteiger partial charge in [-0.05, 0) is 32.4 Å². The van der Waals surface area contributed by atoms with Crippen LogP contribution in [0.3, 0.4) is 0 Å². The molecule has 288 valence electrons. The number of aromatic amines is 1. The number of ether oxygens (including phenoxy) is 1. The number of rotatable bonds is 40. The van der Waals surface area contributed by atoms with Crippen molar-refractivity contribution in [2.45, 2.75) is 219 Å². The van der Waals surface area contributed by atoms with E-state index in [2.05, 4.69) is 28.7 Å². The van der Waals surface area contributed by atoms with E-state index in [1.54, 1.807) is 12.5 Å². The van der Waals surface area contributed by atoms with E-state index in [0.29, 0.717) is 19.4 Å². The van der Waals surface area contributed by atoms with Gasteiger partial charge in [-0.25, -0.2) is 4.98 Å². The highest BCUT2D eigenvalue weighted by Gasteiger charge is 2.14. The minimum Gasteiger partial charge on any atom is -0.380 e. The largest absolute Gasteiger partial charge is 0.380 e. The van der Waals surface area contributed by atoms with E-state index < -0.39 is 6.04 Å². The Kier molecular flexibility index (Phi) is 34.1. The molecule has 3 N–H and O–H groups in total. The summed E-state index contributed by atoms with van der Waals surface area (Å²) in [6.07, 6.45) is 44.6. The zero-order valence-electron chi connectivity index (χ0n) is 33.0. The van der Waals surface area contributed by atoms with Crippen molar-refractivity contribution >= 4 is 5.78 Å². The zero-order chi connectivity index (χ0) is 35.3. The van der Waals surface area contributed by atoms with Crippen LogP contribution in [0.1, 0.15) is 212 Å². The molecule has 0 aromatic carbocycles. The normalized spacial score (nSPS) is 12.3. The minimum absolute atomic E-state index is 0.107. The van der Waals surface area contributed by atoms with E-state index in [1.165, 1.54) is 193 Å². The van der Waals surface area contributed by atoms with Gasteiger partial charge in [-0.2, -0.15) is 0 Å². The number of unbranched alkanes of at least 4 members (excludes halogenated alkanes) is 26. The lowest BCUT2D eigenvalue weighted by atomic mass is 10.0. The van der Waals surface area contributed by atoms with Crippen LogP contribution < -0.4 is 5.73 Å². The van der Waals surface area contributed by atoms with Crippen molar-refractivity contribution < 1.29 is 9.53 Å². The number of nitrogens with two attached hydrogens (primary N) is 1. The molecule has 1 heterocycles. The molecule has 0 aliphatic heterocycles. The van der Waals surface area contributed by atoms with E-state index >= 15 is 0 Å². The Balaban J connectivity index is 2.15. The number of hydrogen-bond acceptors (Lipinski definition) is 5. The van der Waals surface area contributed by atoms with Gasteiger partial charge in [0.05, 0.1) is 19.0 Å². The molecule has 1 atom stereocenters. The average molecular weight is 689 g/mol. The first kappa shape index (κ1) is 45.8. The maximum Gasteiger partial charge on any atom is 0.150 e. The number of H-pyrrole nitrogens is 1. The monoisotopic (exact) mass is 689 g/mol. The average Bonchev–Trinajstić information content (AvgIpc) is 3.62. The Morgan fingerprint density at radius 1 is 0.612 bits per heavy atom. The van der Waals surface area contributed by atoms with E-state index in [-0.39, 0.29) is 5.78 Å². The standard InChI is InChI=1S/C43H84N4O2/c1-3-5-7-9-11-13-15-17-19-21-23-25-27-29-33-47(34-30-28-26-24-22-20-18-16-14-12-10-8-6-4-2)35-37-49-36-31-32-43(48)42(44)38-41-39-45-40-46-41/h39-40,42H,3-38,44H2,1-2H3,(H,45,46). The molecule has 0 spiro atoms. The fourth-order valence-electron chi connectivity index (χ4n) is 6.97. The van der Waals surface area contributed by atoms with Crippen molar-refractivity contribution in [3.63, 3.8) is 0 Å². The first-order valence-corrected chi connectivity index (χ1v) is 21.7. The van der Waals surface area contributed by atoms with Gasteiger partial charge in [-0.15, -0.1) is 0 Å². The van der Waals surface area contributed by atoms with Gasteiger partial charge in [0.15, 0.2) is 0 Å². The van der Waals surface area contributed by atoms with Crippen LogP contribution in [0.5, 0.6) is 0 Å². The summed E-state index contributed by atoms with van der Waals surface area (Å²) >= 11 is 0. The number of nitrogens with zero attached hydrogens (tertiary/aromatic N) is 2. The molecule has 0 amide bonds. The second-order valence-electron chi connectivity index (χ2n) is 15.1. The lowest BCUT2D eigenvalue weighted by Crippen LogP contribution is -2.33. The molecule has 1 rings (SSSR count). The molecule has 1 aromatic rings. The van der Waals surface area contributed by atoms with Gasteiger partial charge in [0.1, 0.15) is 5.78 Å². The Labute approximate surface area is 305 Å². The van der Waals surface area contributed by atoms with Gasteiger partial charge in [0.25, 0.3) is 0 Å². The van der Waals surface area contributed by atoms with Gasteiger partial charge in [0, 0.05) is 37.9 Å².